The maximum atomic E-state index is 8.94. The monoisotopic (exact) mass is 229 g/mol. The van der Waals surface area contributed by atoms with Gasteiger partial charge >= 0.3 is 0 Å². The Bertz CT molecular complexity index is 204. The quantitative estimate of drug-likeness (QED) is 0.776. The maximum Gasteiger partial charge on any atom is 0.158 e. The van der Waals surface area contributed by atoms with Gasteiger partial charge in [0.1, 0.15) is 6.10 Å². The van der Waals surface area contributed by atoms with E-state index in [1.807, 2.05) is 0 Å². The Balaban J connectivity index is 1.67. The summed E-state index contributed by atoms with van der Waals surface area (Å²) in [6.45, 7) is 6.42. The Labute approximate surface area is 97.5 Å². The van der Waals surface area contributed by atoms with Crippen LogP contribution in [0.15, 0.2) is 0 Å². The molecule has 2 aliphatic heterocycles. The van der Waals surface area contributed by atoms with E-state index in [4.69, 9.17) is 14.6 Å². The van der Waals surface area contributed by atoms with Crippen LogP contribution in [0.3, 0.4) is 0 Å². The maximum absolute atomic E-state index is 8.94. The molecule has 0 aromatic rings. The lowest BCUT2D eigenvalue weighted by Crippen LogP contribution is -2.34. The Hall–Kier alpha value is -0.160. The number of piperidine rings is 1. The van der Waals surface area contributed by atoms with Crippen LogP contribution in [-0.2, 0) is 9.47 Å². The van der Waals surface area contributed by atoms with E-state index in [9.17, 15) is 0 Å². The highest BCUT2D eigenvalue weighted by molar-refractivity contribution is 4.74. The summed E-state index contributed by atoms with van der Waals surface area (Å²) in [5.41, 5.74) is 0. The van der Waals surface area contributed by atoms with E-state index < -0.39 is 0 Å². The zero-order chi connectivity index (χ0) is 11.4. The standard InChI is InChI=1S/C12H23NO3/c1-2-13-5-3-10(4-6-13)7-12-15-9-11(8-14)16-12/h10-12,14H,2-9H2,1H3. The van der Waals surface area contributed by atoms with Gasteiger partial charge in [0.25, 0.3) is 0 Å². The number of likely N-dealkylation sites (tertiary alicyclic amines) is 1. The minimum Gasteiger partial charge on any atom is -0.394 e. The highest BCUT2D eigenvalue weighted by Crippen LogP contribution is 2.26. The lowest BCUT2D eigenvalue weighted by Gasteiger charge is -2.31. The summed E-state index contributed by atoms with van der Waals surface area (Å²) in [5.74, 6) is 0.727. The molecule has 2 atom stereocenters. The second kappa shape index (κ2) is 5.96. The molecule has 0 amide bonds. The van der Waals surface area contributed by atoms with Gasteiger partial charge in [-0.25, -0.2) is 0 Å². The van der Waals surface area contributed by atoms with Crippen molar-refractivity contribution >= 4 is 0 Å². The van der Waals surface area contributed by atoms with Gasteiger partial charge in [-0.05, 0) is 38.4 Å². The normalized spacial score (nSPS) is 33.4. The first-order valence-corrected chi connectivity index (χ1v) is 6.42. The SMILES string of the molecule is CCN1CCC(CC2OCC(CO)O2)CC1. The third-order valence-electron chi connectivity index (χ3n) is 3.70. The molecule has 4 nitrogen and oxygen atoms in total. The van der Waals surface area contributed by atoms with Crippen LogP contribution in [0, 0.1) is 5.92 Å². The molecule has 16 heavy (non-hydrogen) atoms. The first-order chi connectivity index (χ1) is 7.81. The van der Waals surface area contributed by atoms with E-state index in [-0.39, 0.29) is 19.0 Å². The minimum atomic E-state index is -0.0965. The fourth-order valence-electron chi connectivity index (χ4n) is 2.54. The van der Waals surface area contributed by atoms with Crippen molar-refractivity contribution in [3.63, 3.8) is 0 Å². The van der Waals surface area contributed by atoms with E-state index in [1.54, 1.807) is 0 Å². The van der Waals surface area contributed by atoms with Gasteiger partial charge in [-0.1, -0.05) is 6.92 Å². The first-order valence-electron chi connectivity index (χ1n) is 6.42. The molecule has 94 valence electrons. The van der Waals surface area contributed by atoms with Crippen molar-refractivity contribution in [2.75, 3.05) is 32.8 Å². The van der Waals surface area contributed by atoms with Gasteiger partial charge in [0.05, 0.1) is 13.2 Å². The number of rotatable bonds is 4. The van der Waals surface area contributed by atoms with Gasteiger partial charge in [0.2, 0.25) is 0 Å². The summed E-state index contributed by atoms with van der Waals surface area (Å²) in [6.07, 6.45) is 3.33. The molecule has 4 heteroatoms. The zero-order valence-electron chi connectivity index (χ0n) is 10.1. The minimum absolute atomic E-state index is 0.0738. The molecule has 0 bridgehead atoms. The van der Waals surface area contributed by atoms with E-state index in [1.165, 1.54) is 25.9 Å². The van der Waals surface area contributed by atoms with Crippen molar-refractivity contribution in [2.45, 2.75) is 38.6 Å². The predicted molar refractivity (Wildman–Crippen MR) is 61.2 cm³/mol. The third-order valence-corrected chi connectivity index (χ3v) is 3.70. The molecule has 2 saturated heterocycles. The van der Waals surface area contributed by atoms with Crippen LogP contribution in [-0.4, -0.2) is 55.2 Å². The van der Waals surface area contributed by atoms with Gasteiger partial charge < -0.3 is 19.5 Å². The number of aliphatic hydroxyl groups is 1. The summed E-state index contributed by atoms with van der Waals surface area (Å²) in [5, 5.41) is 8.94. The Morgan fingerprint density at radius 3 is 2.62 bits per heavy atom. The van der Waals surface area contributed by atoms with Crippen LogP contribution < -0.4 is 0 Å². The molecule has 0 aliphatic carbocycles. The first kappa shape index (κ1) is 12.3. The highest BCUT2D eigenvalue weighted by Gasteiger charge is 2.29. The number of hydrogen-bond donors (Lipinski definition) is 1. The molecule has 0 radical (unpaired) electrons. The molecule has 0 spiro atoms. The van der Waals surface area contributed by atoms with Crippen LogP contribution in [0.4, 0.5) is 0 Å². The molecule has 2 heterocycles. The van der Waals surface area contributed by atoms with Crippen LogP contribution in [0.5, 0.6) is 0 Å². The van der Waals surface area contributed by atoms with Crippen molar-refractivity contribution in [3.8, 4) is 0 Å². The summed E-state index contributed by atoms with van der Waals surface area (Å²) in [6, 6.07) is 0. The fourth-order valence-corrected chi connectivity index (χ4v) is 2.54. The Morgan fingerprint density at radius 1 is 1.31 bits per heavy atom. The predicted octanol–water partition coefficient (Wildman–Crippen LogP) is 0.842. The van der Waals surface area contributed by atoms with E-state index >= 15 is 0 Å². The van der Waals surface area contributed by atoms with Crippen LogP contribution in [0.2, 0.25) is 0 Å². The molecule has 2 fully saturated rings. The third kappa shape index (κ3) is 3.17. The lowest BCUT2D eigenvalue weighted by atomic mass is 9.93. The van der Waals surface area contributed by atoms with Gasteiger partial charge in [-0.3, -0.25) is 0 Å². The zero-order valence-corrected chi connectivity index (χ0v) is 10.1. The van der Waals surface area contributed by atoms with Crippen molar-refractivity contribution in [3.05, 3.63) is 0 Å². The summed E-state index contributed by atoms with van der Waals surface area (Å²) >= 11 is 0. The van der Waals surface area contributed by atoms with Gasteiger partial charge in [0, 0.05) is 6.42 Å². The molecule has 2 rings (SSSR count). The Kier molecular flexibility index (Phi) is 4.58. The highest BCUT2D eigenvalue weighted by atomic mass is 16.7. The van der Waals surface area contributed by atoms with Crippen LogP contribution in [0.25, 0.3) is 0 Å². The Morgan fingerprint density at radius 2 is 2.06 bits per heavy atom. The van der Waals surface area contributed by atoms with Crippen molar-refractivity contribution < 1.29 is 14.6 Å². The fraction of sp³-hybridized carbons (Fsp3) is 1.00. The average Bonchev–Trinajstić information content (AvgIpc) is 2.78. The van der Waals surface area contributed by atoms with Gasteiger partial charge in [0.15, 0.2) is 6.29 Å². The van der Waals surface area contributed by atoms with E-state index in [0.717, 1.165) is 18.9 Å². The summed E-state index contributed by atoms with van der Waals surface area (Å²) < 4.78 is 11.1. The average molecular weight is 229 g/mol. The van der Waals surface area contributed by atoms with Crippen LogP contribution >= 0.6 is 0 Å². The number of hydrogen-bond acceptors (Lipinski definition) is 4. The molecular formula is C12H23NO3. The largest absolute Gasteiger partial charge is 0.394 e. The molecule has 0 aromatic carbocycles. The molecule has 2 unspecified atom stereocenters. The molecular weight excluding hydrogens is 206 g/mol. The van der Waals surface area contributed by atoms with Crippen molar-refractivity contribution in [1.29, 1.82) is 0 Å². The van der Waals surface area contributed by atoms with E-state index in [2.05, 4.69) is 11.8 Å². The summed E-state index contributed by atoms with van der Waals surface area (Å²) in [7, 11) is 0. The summed E-state index contributed by atoms with van der Waals surface area (Å²) in [4.78, 5) is 2.49. The van der Waals surface area contributed by atoms with Crippen LogP contribution in [0.1, 0.15) is 26.2 Å². The molecule has 0 saturated carbocycles. The molecule has 0 aromatic heterocycles. The van der Waals surface area contributed by atoms with Crippen molar-refractivity contribution in [1.82, 2.24) is 4.90 Å². The van der Waals surface area contributed by atoms with Gasteiger partial charge in [-0.15, -0.1) is 0 Å². The second-order valence-electron chi connectivity index (χ2n) is 4.82. The number of aliphatic hydroxyl groups excluding tert-OH is 1. The van der Waals surface area contributed by atoms with Gasteiger partial charge in [-0.2, -0.15) is 0 Å². The second-order valence-corrected chi connectivity index (χ2v) is 4.82. The molecule has 1 N–H and O–H groups in total. The topological polar surface area (TPSA) is 41.9 Å². The lowest BCUT2D eigenvalue weighted by molar-refractivity contribution is -0.0814. The molecule has 2 aliphatic rings. The number of nitrogens with zero attached hydrogens (tertiary/aromatic N) is 1. The van der Waals surface area contributed by atoms with E-state index in [0.29, 0.717) is 6.61 Å². The number of ether oxygens (including phenoxy) is 2. The van der Waals surface area contributed by atoms with Crippen molar-refractivity contribution in [2.24, 2.45) is 5.92 Å². The smallest absolute Gasteiger partial charge is 0.158 e.